The molecular weight excluding hydrogens is 429 g/mol. The number of halogens is 3. The molecule has 1 unspecified atom stereocenters. The van der Waals surface area contributed by atoms with Gasteiger partial charge in [0.25, 0.3) is 0 Å². The number of anilines is 1. The Morgan fingerprint density at radius 3 is 2.75 bits per heavy atom. The van der Waals surface area contributed by atoms with Crippen molar-refractivity contribution in [1.29, 1.82) is 0 Å². The number of thiophene rings is 1. The average Bonchev–Trinajstić information content (AvgIpc) is 3.33. The summed E-state index contributed by atoms with van der Waals surface area (Å²) in [6.07, 6.45) is -3.83. The predicted octanol–water partition coefficient (Wildman–Crippen LogP) is 5.42. The molecular formula is C17H11F3N4OS3. The fourth-order valence-corrected chi connectivity index (χ4v) is 4.94. The second kappa shape index (κ2) is 7.66. The third-order valence-electron chi connectivity index (χ3n) is 3.71. The molecule has 0 radical (unpaired) electrons. The molecule has 0 fully saturated rings. The molecule has 5 nitrogen and oxygen atoms in total. The number of rotatable bonds is 5. The summed E-state index contributed by atoms with van der Waals surface area (Å²) in [7, 11) is 0. The van der Waals surface area contributed by atoms with Gasteiger partial charge in [0.15, 0.2) is 10.6 Å². The Hall–Kier alpha value is -2.21. The molecule has 0 aliphatic heterocycles. The van der Waals surface area contributed by atoms with E-state index in [2.05, 4.69) is 20.5 Å². The minimum absolute atomic E-state index is 0.260. The quantitative estimate of drug-likeness (QED) is 0.404. The van der Waals surface area contributed by atoms with Crippen molar-refractivity contribution in [2.24, 2.45) is 0 Å². The number of hydrogen-bond acceptors (Lipinski definition) is 8. The highest BCUT2D eigenvalue weighted by molar-refractivity contribution is 8.01. The maximum absolute atomic E-state index is 12.9. The molecule has 4 aromatic rings. The van der Waals surface area contributed by atoms with E-state index in [-0.39, 0.29) is 5.52 Å². The smallest absolute Gasteiger partial charge is 0.369 e. The third kappa shape index (κ3) is 4.12. The highest BCUT2D eigenvalue weighted by atomic mass is 32.2. The van der Waals surface area contributed by atoms with E-state index in [9.17, 15) is 18.3 Å². The Labute approximate surface area is 169 Å². The fraction of sp³-hybridized carbons (Fsp3) is 0.118. The fourth-order valence-electron chi connectivity index (χ4n) is 2.43. The van der Waals surface area contributed by atoms with Crippen LogP contribution in [0, 0.1) is 0 Å². The number of alkyl halides is 3. The molecule has 0 amide bonds. The minimum Gasteiger partial charge on any atom is -0.369 e. The molecule has 1 aromatic carbocycles. The molecule has 0 saturated carbocycles. The summed E-state index contributed by atoms with van der Waals surface area (Å²) in [5.41, 5.74) is -0.476. The first-order valence-corrected chi connectivity index (χ1v) is 10.4. The highest BCUT2D eigenvalue weighted by Crippen LogP contribution is 2.38. The third-order valence-corrected chi connectivity index (χ3v) is 6.61. The number of fused-ring (bicyclic) bond motifs is 1. The van der Waals surface area contributed by atoms with Crippen molar-refractivity contribution in [3.63, 3.8) is 0 Å². The van der Waals surface area contributed by atoms with E-state index in [0.717, 1.165) is 21.9 Å². The van der Waals surface area contributed by atoms with Gasteiger partial charge in [-0.3, -0.25) is 4.98 Å². The summed E-state index contributed by atoms with van der Waals surface area (Å²) < 4.78 is 39.3. The van der Waals surface area contributed by atoms with Crippen LogP contribution in [0.5, 0.6) is 0 Å². The van der Waals surface area contributed by atoms with E-state index >= 15 is 0 Å². The Bertz CT molecular complexity index is 1100. The normalized spacial score (nSPS) is 13.0. The zero-order valence-electron chi connectivity index (χ0n) is 13.8. The SMILES string of the molecule is OC(Nc1nnc(Sc2ccnc3cc(C(F)(F)F)ccc23)s1)c1cccs1. The lowest BCUT2D eigenvalue weighted by molar-refractivity contribution is -0.137. The van der Waals surface area contributed by atoms with Crippen molar-refractivity contribution in [2.45, 2.75) is 21.6 Å². The molecule has 1 atom stereocenters. The number of nitrogens with zero attached hydrogens (tertiary/aromatic N) is 3. The van der Waals surface area contributed by atoms with Crippen LogP contribution in [-0.2, 0) is 6.18 Å². The van der Waals surface area contributed by atoms with Crippen LogP contribution in [0.1, 0.15) is 16.7 Å². The van der Waals surface area contributed by atoms with Crippen LogP contribution < -0.4 is 5.32 Å². The van der Waals surface area contributed by atoms with Crippen molar-refractivity contribution in [2.75, 3.05) is 5.32 Å². The highest BCUT2D eigenvalue weighted by Gasteiger charge is 2.30. The molecule has 3 aromatic heterocycles. The number of aliphatic hydroxyl groups excluding tert-OH is 1. The number of pyridine rings is 1. The van der Waals surface area contributed by atoms with Crippen LogP contribution in [0.4, 0.5) is 18.3 Å². The molecule has 11 heteroatoms. The average molecular weight is 440 g/mol. The van der Waals surface area contributed by atoms with Crippen LogP contribution in [0.2, 0.25) is 0 Å². The van der Waals surface area contributed by atoms with E-state index in [0.29, 0.717) is 14.9 Å². The van der Waals surface area contributed by atoms with Gasteiger partial charge in [0, 0.05) is 16.5 Å². The Morgan fingerprint density at radius 2 is 2.00 bits per heavy atom. The maximum atomic E-state index is 12.9. The first-order chi connectivity index (χ1) is 13.4. The van der Waals surface area contributed by atoms with E-state index in [1.807, 2.05) is 11.4 Å². The zero-order chi connectivity index (χ0) is 19.7. The molecule has 144 valence electrons. The van der Waals surface area contributed by atoms with Crippen molar-refractivity contribution in [3.8, 4) is 0 Å². The van der Waals surface area contributed by atoms with Gasteiger partial charge in [-0.05, 0) is 29.6 Å². The largest absolute Gasteiger partial charge is 0.416 e. The first-order valence-electron chi connectivity index (χ1n) is 7.85. The Balaban J connectivity index is 1.54. The Kier molecular flexibility index (Phi) is 5.23. The summed E-state index contributed by atoms with van der Waals surface area (Å²) in [5.74, 6) is 0. The van der Waals surface area contributed by atoms with Gasteiger partial charge in [-0.25, -0.2) is 0 Å². The lowest BCUT2D eigenvalue weighted by atomic mass is 10.1. The molecule has 4 rings (SSSR count). The van der Waals surface area contributed by atoms with E-state index in [4.69, 9.17) is 0 Å². The summed E-state index contributed by atoms with van der Waals surface area (Å²) in [6, 6.07) is 8.84. The molecule has 0 aliphatic rings. The second-order valence-corrected chi connectivity index (χ2v) is 8.82. The summed E-state index contributed by atoms with van der Waals surface area (Å²) >= 11 is 3.94. The van der Waals surface area contributed by atoms with E-state index in [1.54, 1.807) is 12.1 Å². The van der Waals surface area contributed by atoms with Gasteiger partial charge in [-0.15, -0.1) is 21.5 Å². The summed E-state index contributed by atoms with van der Waals surface area (Å²) in [6.45, 7) is 0. The van der Waals surface area contributed by atoms with Crippen LogP contribution >= 0.6 is 34.4 Å². The van der Waals surface area contributed by atoms with Crippen LogP contribution in [-0.4, -0.2) is 20.3 Å². The first kappa shape index (κ1) is 19.1. The maximum Gasteiger partial charge on any atom is 0.416 e. The van der Waals surface area contributed by atoms with Crippen molar-refractivity contribution in [1.82, 2.24) is 15.2 Å². The van der Waals surface area contributed by atoms with Gasteiger partial charge >= 0.3 is 6.18 Å². The van der Waals surface area contributed by atoms with E-state index < -0.39 is 18.0 Å². The number of hydrogen-bond donors (Lipinski definition) is 2. The van der Waals surface area contributed by atoms with Crippen molar-refractivity contribution >= 4 is 50.5 Å². The monoisotopic (exact) mass is 440 g/mol. The standard InChI is InChI=1S/C17H11F3N4OS3/c18-17(19,20)9-3-4-10-11(8-9)21-6-5-12(10)27-16-24-23-15(28-16)22-14(25)13-2-1-7-26-13/h1-8,14,25H,(H,22,23). The van der Waals surface area contributed by atoms with Crippen LogP contribution in [0.15, 0.2) is 57.2 Å². The zero-order valence-corrected chi connectivity index (χ0v) is 16.3. The molecule has 2 N–H and O–H groups in total. The lowest BCUT2D eigenvalue weighted by Gasteiger charge is -2.09. The minimum atomic E-state index is -4.41. The number of aliphatic hydroxyl groups is 1. The van der Waals surface area contributed by atoms with Gasteiger partial charge < -0.3 is 10.4 Å². The number of aromatic nitrogens is 3. The van der Waals surface area contributed by atoms with Crippen molar-refractivity contribution in [3.05, 3.63) is 58.4 Å². The van der Waals surface area contributed by atoms with Gasteiger partial charge in [0.05, 0.1) is 16.0 Å². The Morgan fingerprint density at radius 1 is 1.14 bits per heavy atom. The number of benzene rings is 1. The predicted molar refractivity (Wildman–Crippen MR) is 104 cm³/mol. The molecule has 28 heavy (non-hydrogen) atoms. The molecule has 0 spiro atoms. The van der Waals surface area contributed by atoms with Gasteiger partial charge in [0.1, 0.15) is 0 Å². The summed E-state index contributed by atoms with van der Waals surface area (Å²) in [5, 5.41) is 24.0. The van der Waals surface area contributed by atoms with Crippen LogP contribution in [0.25, 0.3) is 10.9 Å². The number of nitrogens with one attached hydrogen (secondary N) is 1. The molecule has 0 bridgehead atoms. The topological polar surface area (TPSA) is 70.9 Å². The van der Waals surface area contributed by atoms with Gasteiger partial charge in [0.2, 0.25) is 5.13 Å². The lowest BCUT2D eigenvalue weighted by Crippen LogP contribution is -2.07. The molecule has 0 saturated heterocycles. The van der Waals surface area contributed by atoms with Gasteiger partial charge in [-0.1, -0.05) is 35.2 Å². The van der Waals surface area contributed by atoms with Crippen molar-refractivity contribution < 1.29 is 18.3 Å². The van der Waals surface area contributed by atoms with Crippen LogP contribution in [0.3, 0.4) is 0 Å². The molecule has 3 heterocycles. The van der Waals surface area contributed by atoms with Gasteiger partial charge in [-0.2, -0.15) is 13.2 Å². The van der Waals surface area contributed by atoms with E-state index in [1.165, 1.54) is 46.7 Å². The summed E-state index contributed by atoms with van der Waals surface area (Å²) in [4.78, 5) is 5.52. The molecule has 0 aliphatic carbocycles. The second-order valence-electron chi connectivity index (χ2n) is 5.58.